The highest BCUT2D eigenvalue weighted by molar-refractivity contribution is 7.26. The first-order valence-electron chi connectivity index (χ1n) is 26.3. The highest BCUT2D eigenvalue weighted by Crippen LogP contribution is 2.62. The zero-order valence-corrected chi connectivity index (χ0v) is 43.2. The number of hydrogen-bond acceptors (Lipinski definition) is 5. The summed E-state index contributed by atoms with van der Waals surface area (Å²) in [6, 6.07) is 69.1. The van der Waals surface area contributed by atoms with Crippen molar-refractivity contribution in [3.63, 3.8) is 0 Å². The van der Waals surface area contributed by atoms with Crippen LogP contribution in [0.5, 0.6) is 0 Å². The van der Waals surface area contributed by atoms with E-state index in [0.29, 0.717) is 0 Å². The van der Waals surface area contributed by atoms with E-state index in [4.69, 9.17) is 4.42 Å². The lowest BCUT2D eigenvalue weighted by Gasteiger charge is -2.50. The third kappa shape index (κ3) is 5.96. The maximum absolute atomic E-state index is 7.04. The summed E-state index contributed by atoms with van der Waals surface area (Å²) in [5.41, 5.74) is 21.8. The number of furan rings is 1. The Morgan fingerprint density at radius 1 is 0.534 bits per heavy atom. The second kappa shape index (κ2) is 15.3. The van der Waals surface area contributed by atoms with Gasteiger partial charge in [0.05, 0.1) is 21.6 Å². The predicted molar refractivity (Wildman–Crippen MR) is 312 cm³/mol. The first-order valence-corrected chi connectivity index (χ1v) is 27.1. The summed E-state index contributed by atoms with van der Waals surface area (Å²) >= 11 is 1.90. The number of fused-ring (bicyclic) bond motifs is 13. The summed E-state index contributed by atoms with van der Waals surface area (Å²) in [7, 11) is 0. The summed E-state index contributed by atoms with van der Waals surface area (Å²) < 4.78 is 9.64. The Hall–Kier alpha value is -7.54. The molecule has 1 saturated carbocycles. The Morgan fingerprint density at radius 3 is 2.05 bits per heavy atom. The van der Waals surface area contributed by atoms with Gasteiger partial charge in [0, 0.05) is 65.8 Å². The normalized spacial score (nSPS) is 18.9. The van der Waals surface area contributed by atoms with E-state index in [1.807, 2.05) is 11.3 Å². The van der Waals surface area contributed by atoms with Gasteiger partial charge in [-0.3, -0.25) is 0 Å². The minimum atomic E-state index is -0.117. The van der Waals surface area contributed by atoms with Crippen molar-refractivity contribution in [2.45, 2.75) is 83.6 Å². The minimum Gasteiger partial charge on any atom is -0.454 e. The number of benzene rings is 9. The van der Waals surface area contributed by atoms with Gasteiger partial charge in [0.15, 0.2) is 5.58 Å². The van der Waals surface area contributed by atoms with Crippen LogP contribution >= 0.6 is 11.3 Å². The number of thiophene rings is 1. The van der Waals surface area contributed by atoms with Crippen LogP contribution in [-0.4, -0.2) is 12.3 Å². The van der Waals surface area contributed by atoms with Crippen LogP contribution in [0.3, 0.4) is 0 Å². The van der Waals surface area contributed by atoms with Crippen molar-refractivity contribution in [2.24, 2.45) is 0 Å². The molecule has 11 aromatic rings. The number of anilines is 8. The highest BCUT2D eigenvalue weighted by Gasteiger charge is 2.58. The molecule has 2 aromatic heterocycles. The first kappa shape index (κ1) is 43.1. The highest BCUT2D eigenvalue weighted by atomic mass is 32.1. The van der Waals surface area contributed by atoms with E-state index in [9.17, 15) is 0 Å². The summed E-state index contributed by atoms with van der Waals surface area (Å²) in [5.74, 6) is 0. The molecule has 0 radical (unpaired) electrons. The molecule has 0 bridgehead atoms. The van der Waals surface area contributed by atoms with Crippen LogP contribution in [0.15, 0.2) is 186 Å². The lowest BCUT2D eigenvalue weighted by molar-refractivity contribution is 0.195. The van der Waals surface area contributed by atoms with Gasteiger partial charge in [-0.25, -0.2) is 0 Å². The fraction of sp³-hybridized carbons (Fsp3) is 0.194. The van der Waals surface area contributed by atoms with E-state index in [2.05, 4.69) is 238 Å². The molecule has 2 unspecified atom stereocenters. The number of rotatable bonds is 4. The Kier molecular flexibility index (Phi) is 9.00. The summed E-state index contributed by atoms with van der Waals surface area (Å²) in [6.07, 6.45) is 4.78. The molecule has 0 N–H and O–H groups in total. The van der Waals surface area contributed by atoms with Crippen molar-refractivity contribution in [3.05, 3.63) is 199 Å². The molecule has 5 heterocycles. The zero-order valence-electron chi connectivity index (χ0n) is 42.4. The third-order valence-electron chi connectivity index (χ3n) is 17.8. The minimum absolute atomic E-state index is 0.00715. The Morgan fingerprint density at radius 2 is 1.23 bits per heavy atom. The molecule has 1 fully saturated rings. The smallest absolute Gasteiger partial charge is 0.252 e. The molecule has 0 amide bonds. The van der Waals surface area contributed by atoms with Crippen molar-refractivity contribution in [2.75, 3.05) is 14.7 Å². The standard InChI is InChI=1S/C67H56BN3OS/c1-41-36-58-62-59(37-41)70(55-24-16-22-48-46-20-10-12-26-60(46)72-63(48)55)57-40-45(71-53-33-29-44(65(2,3)4)39-50(53)66(5)34-14-15-35-67(66,71)6)30-31-51(57)68(62)52-38-43(42-18-8-7-9-19-42)28-32-54(52)69(58)56-25-17-23-49-47-21-11-13-27-61(47)73-64(49)56/h7-13,16-33,36-40H,14-15,34-35H2,1-6H3. The molecule has 4 aliphatic rings. The largest absolute Gasteiger partial charge is 0.454 e. The average molecular weight is 962 g/mol. The Bertz CT molecular complexity index is 4130. The van der Waals surface area contributed by atoms with Crippen molar-refractivity contribution in [3.8, 4) is 11.1 Å². The van der Waals surface area contributed by atoms with Crippen LogP contribution in [0, 0.1) is 6.92 Å². The molecule has 9 aromatic carbocycles. The predicted octanol–water partition coefficient (Wildman–Crippen LogP) is 17.1. The van der Waals surface area contributed by atoms with Gasteiger partial charge in [-0.05, 0) is 137 Å². The maximum Gasteiger partial charge on any atom is 0.252 e. The van der Waals surface area contributed by atoms with Gasteiger partial charge in [0.1, 0.15) is 5.58 Å². The van der Waals surface area contributed by atoms with Crippen molar-refractivity contribution in [1.82, 2.24) is 0 Å². The molecular formula is C67H56BN3OS. The molecule has 3 aliphatic heterocycles. The van der Waals surface area contributed by atoms with Crippen LogP contribution in [-0.2, 0) is 10.8 Å². The molecule has 354 valence electrons. The third-order valence-corrected chi connectivity index (χ3v) is 19.0. The van der Waals surface area contributed by atoms with E-state index < -0.39 is 0 Å². The number of aryl methyl sites for hydroxylation is 1. The van der Waals surface area contributed by atoms with Crippen LogP contribution in [0.1, 0.15) is 77.0 Å². The van der Waals surface area contributed by atoms with Gasteiger partial charge in [-0.15, -0.1) is 11.3 Å². The van der Waals surface area contributed by atoms with Crippen LogP contribution in [0.4, 0.5) is 45.5 Å². The molecule has 6 heteroatoms. The van der Waals surface area contributed by atoms with Gasteiger partial charge in [0.25, 0.3) is 6.71 Å². The van der Waals surface area contributed by atoms with Gasteiger partial charge in [-0.2, -0.15) is 0 Å². The van der Waals surface area contributed by atoms with Crippen molar-refractivity contribution < 1.29 is 4.42 Å². The van der Waals surface area contributed by atoms with Crippen molar-refractivity contribution >= 4 is 122 Å². The lowest BCUT2D eigenvalue weighted by atomic mass is 9.33. The molecule has 73 heavy (non-hydrogen) atoms. The number of para-hydroxylation sites is 2. The van der Waals surface area contributed by atoms with E-state index in [-0.39, 0.29) is 23.1 Å². The number of nitrogens with zero attached hydrogens (tertiary/aromatic N) is 3. The second-order valence-electron chi connectivity index (χ2n) is 22.8. The molecule has 0 spiro atoms. The summed E-state index contributed by atoms with van der Waals surface area (Å²) in [4.78, 5) is 7.94. The van der Waals surface area contributed by atoms with Crippen LogP contribution < -0.4 is 31.1 Å². The van der Waals surface area contributed by atoms with E-state index in [0.717, 1.165) is 34.0 Å². The Balaban J connectivity index is 1.04. The van der Waals surface area contributed by atoms with Gasteiger partial charge in [-0.1, -0.05) is 162 Å². The lowest BCUT2D eigenvalue weighted by Crippen LogP contribution is -2.61. The monoisotopic (exact) mass is 961 g/mol. The SMILES string of the molecule is Cc1cc2c3c(c1)N(c1cccc4c1sc1ccccc14)c1ccc(-c4ccccc4)cc1B3c1ccc(N3c4ccc(C(C)(C)C)cc4C4(C)CCCCC34C)cc1N2c1cccc2c1oc1ccccc12. The fourth-order valence-electron chi connectivity index (χ4n) is 14.0. The molecule has 1 aliphatic carbocycles. The number of hydrogen-bond donors (Lipinski definition) is 0. The molecule has 2 atom stereocenters. The average Bonchev–Trinajstić information content (AvgIpc) is 4.05. The van der Waals surface area contributed by atoms with Gasteiger partial charge >= 0.3 is 0 Å². The molecule has 15 rings (SSSR count). The zero-order chi connectivity index (χ0) is 49.1. The van der Waals surface area contributed by atoms with Crippen LogP contribution in [0.25, 0.3) is 53.2 Å². The van der Waals surface area contributed by atoms with E-state index >= 15 is 0 Å². The second-order valence-corrected chi connectivity index (χ2v) is 23.9. The quantitative estimate of drug-likeness (QED) is 0.164. The van der Waals surface area contributed by atoms with E-state index in [1.54, 1.807) is 0 Å². The van der Waals surface area contributed by atoms with Crippen molar-refractivity contribution in [1.29, 1.82) is 0 Å². The molecule has 0 saturated heterocycles. The summed E-state index contributed by atoms with van der Waals surface area (Å²) in [6.45, 7) is 14.4. The van der Waals surface area contributed by atoms with Crippen LogP contribution in [0.2, 0.25) is 0 Å². The van der Waals surface area contributed by atoms with E-state index in [1.165, 1.54) is 123 Å². The first-order chi connectivity index (χ1) is 35.5. The van der Waals surface area contributed by atoms with Gasteiger partial charge < -0.3 is 19.1 Å². The fourth-order valence-corrected chi connectivity index (χ4v) is 15.2. The summed E-state index contributed by atoms with van der Waals surface area (Å²) in [5, 5.41) is 4.85. The molecular weight excluding hydrogens is 906 g/mol. The topological polar surface area (TPSA) is 22.9 Å². The molecule has 4 nitrogen and oxygen atoms in total. The maximum atomic E-state index is 7.04. The Labute approximate surface area is 432 Å². The van der Waals surface area contributed by atoms with Gasteiger partial charge in [0.2, 0.25) is 0 Å².